The SMILES string of the molecule is CCCCCCCCC/C=C/CC/C=C/CC/C=C/C(O)C(CO)NC(=O)CC(O)CCCCCCCCC/C=C\CCCCCCCCCCCCCC. The highest BCUT2D eigenvalue weighted by Crippen LogP contribution is 2.15. The second-order valence-corrected chi connectivity index (χ2v) is 16.3. The van der Waals surface area contributed by atoms with Crippen molar-refractivity contribution in [2.75, 3.05) is 6.61 Å². The number of nitrogens with one attached hydrogen (secondary N) is 1. The van der Waals surface area contributed by atoms with Gasteiger partial charge in [0.1, 0.15) is 0 Å². The highest BCUT2D eigenvalue weighted by Gasteiger charge is 2.20. The third kappa shape index (κ3) is 41.8. The molecule has 0 spiro atoms. The molecule has 0 aromatic heterocycles. The molecule has 5 heteroatoms. The molecule has 0 aromatic rings. The Morgan fingerprint density at radius 3 is 1.16 bits per heavy atom. The van der Waals surface area contributed by atoms with Crippen molar-refractivity contribution in [2.24, 2.45) is 0 Å². The van der Waals surface area contributed by atoms with E-state index in [9.17, 15) is 20.1 Å². The van der Waals surface area contributed by atoms with Crippen LogP contribution in [0.1, 0.15) is 239 Å². The minimum atomic E-state index is -0.961. The summed E-state index contributed by atoms with van der Waals surface area (Å²) in [5.41, 5.74) is 0. The van der Waals surface area contributed by atoms with E-state index in [2.05, 4.69) is 55.6 Å². The molecule has 0 fully saturated rings. The van der Waals surface area contributed by atoms with Gasteiger partial charge in [-0.2, -0.15) is 0 Å². The molecule has 0 aliphatic heterocycles. The lowest BCUT2D eigenvalue weighted by molar-refractivity contribution is -0.124. The van der Waals surface area contributed by atoms with Crippen molar-refractivity contribution in [1.29, 1.82) is 0 Å². The smallest absolute Gasteiger partial charge is 0.222 e. The van der Waals surface area contributed by atoms with E-state index in [1.54, 1.807) is 6.08 Å². The van der Waals surface area contributed by atoms with Crippen LogP contribution in [0, 0.1) is 0 Å². The third-order valence-corrected chi connectivity index (χ3v) is 10.8. The fourth-order valence-electron chi connectivity index (χ4n) is 7.13. The molecule has 0 saturated carbocycles. The van der Waals surface area contributed by atoms with E-state index in [1.807, 2.05) is 6.08 Å². The Morgan fingerprint density at radius 2 is 0.782 bits per heavy atom. The van der Waals surface area contributed by atoms with Gasteiger partial charge in [-0.1, -0.05) is 210 Å². The van der Waals surface area contributed by atoms with Crippen LogP contribution in [0.3, 0.4) is 0 Å². The first kappa shape index (κ1) is 53.3. The van der Waals surface area contributed by atoms with Gasteiger partial charge in [-0.05, 0) is 70.6 Å². The molecular weight excluding hydrogens is 679 g/mol. The lowest BCUT2D eigenvalue weighted by atomic mass is 10.0. The molecule has 55 heavy (non-hydrogen) atoms. The van der Waals surface area contributed by atoms with Crippen LogP contribution in [0.25, 0.3) is 0 Å². The summed E-state index contributed by atoms with van der Waals surface area (Å²) in [6.07, 6.45) is 58.4. The molecule has 0 radical (unpaired) electrons. The molecular formula is C50H93NO4. The molecule has 1 amide bonds. The summed E-state index contributed by atoms with van der Waals surface area (Å²) in [6.45, 7) is 4.20. The lowest BCUT2D eigenvalue weighted by Gasteiger charge is -2.21. The minimum Gasteiger partial charge on any atom is -0.394 e. The molecule has 0 heterocycles. The number of hydrogen-bond donors (Lipinski definition) is 4. The second-order valence-electron chi connectivity index (χ2n) is 16.3. The number of aliphatic hydroxyl groups excluding tert-OH is 3. The van der Waals surface area contributed by atoms with Crippen molar-refractivity contribution in [3.63, 3.8) is 0 Å². The normalized spacial score (nSPS) is 13.9. The Bertz CT molecular complexity index is 896. The zero-order chi connectivity index (χ0) is 40.1. The number of rotatable bonds is 43. The molecule has 322 valence electrons. The summed E-state index contributed by atoms with van der Waals surface area (Å²) in [7, 11) is 0. The average molecular weight is 772 g/mol. The molecule has 3 atom stereocenters. The topological polar surface area (TPSA) is 89.8 Å². The maximum absolute atomic E-state index is 12.5. The predicted octanol–water partition coefficient (Wildman–Crippen LogP) is 14.1. The summed E-state index contributed by atoms with van der Waals surface area (Å²) in [5.74, 6) is -0.332. The van der Waals surface area contributed by atoms with Crippen molar-refractivity contribution in [3.8, 4) is 0 Å². The highest BCUT2D eigenvalue weighted by molar-refractivity contribution is 5.76. The van der Waals surface area contributed by atoms with Crippen molar-refractivity contribution in [1.82, 2.24) is 5.32 Å². The van der Waals surface area contributed by atoms with Gasteiger partial charge in [0.25, 0.3) is 0 Å². The van der Waals surface area contributed by atoms with Crippen LogP contribution >= 0.6 is 0 Å². The molecule has 0 bridgehead atoms. The maximum atomic E-state index is 12.5. The van der Waals surface area contributed by atoms with Crippen LogP contribution in [0.4, 0.5) is 0 Å². The summed E-state index contributed by atoms with van der Waals surface area (Å²) in [4.78, 5) is 12.5. The molecule has 5 nitrogen and oxygen atoms in total. The van der Waals surface area contributed by atoms with Gasteiger partial charge < -0.3 is 20.6 Å². The maximum Gasteiger partial charge on any atom is 0.222 e. The number of carbonyl (C=O) groups is 1. The van der Waals surface area contributed by atoms with Gasteiger partial charge in [0.05, 0.1) is 31.3 Å². The Morgan fingerprint density at radius 1 is 0.455 bits per heavy atom. The fraction of sp³-hybridized carbons (Fsp3) is 0.820. The van der Waals surface area contributed by atoms with Crippen LogP contribution in [0.5, 0.6) is 0 Å². The Hall–Kier alpha value is -1.69. The minimum absolute atomic E-state index is 0.00112. The first-order chi connectivity index (χ1) is 27.0. The largest absolute Gasteiger partial charge is 0.394 e. The van der Waals surface area contributed by atoms with Crippen LogP contribution in [-0.2, 0) is 4.79 Å². The monoisotopic (exact) mass is 772 g/mol. The molecule has 0 aliphatic rings. The van der Waals surface area contributed by atoms with Gasteiger partial charge in [-0.15, -0.1) is 0 Å². The van der Waals surface area contributed by atoms with E-state index in [0.717, 1.165) is 38.5 Å². The second kappa shape index (κ2) is 45.0. The quantitative estimate of drug-likeness (QED) is 0.0367. The van der Waals surface area contributed by atoms with Crippen LogP contribution in [0.15, 0.2) is 48.6 Å². The summed E-state index contributed by atoms with van der Waals surface area (Å²) in [6, 6.07) is -0.769. The molecule has 0 rings (SSSR count). The van der Waals surface area contributed by atoms with Gasteiger partial charge in [-0.25, -0.2) is 0 Å². The standard InChI is InChI=1S/C50H93NO4/c1-3-5-7-9-11-13-15-17-19-21-22-23-24-25-26-28-29-31-33-35-37-39-41-43-47(53)45-50(55)51-48(46-52)49(54)44-42-40-38-36-34-32-30-27-20-18-16-14-12-10-8-6-4-2/h20,25-27,34,36,42,44,47-49,52-54H,3-19,21-24,28-33,35,37-41,43,45-46H2,1-2H3,(H,51,55)/b26-25-,27-20+,36-34+,44-42+. The number of amides is 1. The summed E-state index contributed by atoms with van der Waals surface area (Å²) >= 11 is 0. The van der Waals surface area contributed by atoms with Gasteiger partial charge in [0.2, 0.25) is 5.91 Å². The van der Waals surface area contributed by atoms with Gasteiger partial charge >= 0.3 is 0 Å². The summed E-state index contributed by atoms with van der Waals surface area (Å²) < 4.78 is 0. The zero-order valence-electron chi connectivity index (χ0n) is 36.6. The van der Waals surface area contributed by atoms with E-state index in [-0.39, 0.29) is 18.9 Å². The van der Waals surface area contributed by atoms with Crippen LogP contribution in [0.2, 0.25) is 0 Å². The van der Waals surface area contributed by atoms with E-state index < -0.39 is 18.2 Å². The molecule has 3 unspecified atom stereocenters. The Kier molecular flexibility index (Phi) is 43.6. The number of hydrogen-bond acceptors (Lipinski definition) is 4. The van der Waals surface area contributed by atoms with Crippen LogP contribution in [-0.4, -0.2) is 46.1 Å². The molecule has 0 aliphatic carbocycles. The van der Waals surface area contributed by atoms with Gasteiger partial charge in [0, 0.05) is 0 Å². The number of aliphatic hydroxyl groups is 3. The summed E-state index contributed by atoms with van der Waals surface area (Å²) in [5, 5.41) is 33.3. The first-order valence-corrected chi connectivity index (χ1v) is 23.9. The molecule has 0 aromatic carbocycles. The van der Waals surface area contributed by atoms with E-state index in [0.29, 0.717) is 6.42 Å². The Balaban J connectivity index is 3.69. The van der Waals surface area contributed by atoms with Crippen LogP contribution < -0.4 is 5.32 Å². The van der Waals surface area contributed by atoms with E-state index >= 15 is 0 Å². The van der Waals surface area contributed by atoms with E-state index in [1.165, 1.54) is 173 Å². The van der Waals surface area contributed by atoms with Crippen molar-refractivity contribution < 1.29 is 20.1 Å². The van der Waals surface area contributed by atoms with E-state index in [4.69, 9.17) is 0 Å². The average Bonchev–Trinajstić information content (AvgIpc) is 3.18. The molecule has 0 saturated heterocycles. The zero-order valence-corrected chi connectivity index (χ0v) is 36.6. The van der Waals surface area contributed by atoms with Crippen molar-refractivity contribution >= 4 is 5.91 Å². The van der Waals surface area contributed by atoms with Gasteiger partial charge in [0.15, 0.2) is 0 Å². The Labute approximate surface area is 342 Å². The number of carbonyl (C=O) groups excluding carboxylic acids is 1. The highest BCUT2D eigenvalue weighted by atomic mass is 16.3. The fourth-order valence-corrected chi connectivity index (χ4v) is 7.13. The van der Waals surface area contributed by atoms with Crippen molar-refractivity contribution in [2.45, 2.75) is 257 Å². The van der Waals surface area contributed by atoms with Gasteiger partial charge in [-0.3, -0.25) is 4.79 Å². The lowest BCUT2D eigenvalue weighted by Crippen LogP contribution is -2.45. The first-order valence-electron chi connectivity index (χ1n) is 23.9. The number of unbranched alkanes of at least 4 members (excludes halogenated alkanes) is 28. The number of allylic oxidation sites excluding steroid dienone is 7. The third-order valence-electron chi connectivity index (χ3n) is 10.8. The molecule has 4 N–H and O–H groups in total. The van der Waals surface area contributed by atoms with Crippen molar-refractivity contribution in [3.05, 3.63) is 48.6 Å². The predicted molar refractivity (Wildman–Crippen MR) is 241 cm³/mol.